The molecule has 2 rings (SSSR count). The lowest BCUT2D eigenvalue weighted by Crippen LogP contribution is -2.13. The summed E-state index contributed by atoms with van der Waals surface area (Å²) in [5.41, 5.74) is 0.759. The van der Waals surface area contributed by atoms with Crippen molar-refractivity contribution in [3.8, 4) is 11.6 Å². The van der Waals surface area contributed by atoms with E-state index < -0.39 is 4.92 Å². The monoisotopic (exact) mass is 273 g/mol. The van der Waals surface area contributed by atoms with Gasteiger partial charge in [-0.1, -0.05) is 18.2 Å². The molecule has 20 heavy (non-hydrogen) atoms. The third kappa shape index (κ3) is 2.92. The molecule has 2 aromatic rings. The molecule has 0 saturated carbocycles. The number of para-hydroxylation sites is 2. The SMILES string of the molecule is CNC(C)c1cccnc1Oc1ccccc1[N+](=O)[O-]. The van der Waals surface area contributed by atoms with Crippen LogP contribution in [0.3, 0.4) is 0 Å². The number of nitrogens with one attached hydrogen (secondary N) is 1. The summed E-state index contributed by atoms with van der Waals surface area (Å²) in [6.45, 7) is 1.96. The predicted molar refractivity (Wildman–Crippen MR) is 74.9 cm³/mol. The molecule has 1 heterocycles. The second-order valence-corrected chi connectivity index (χ2v) is 4.24. The quantitative estimate of drug-likeness (QED) is 0.669. The first kappa shape index (κ1) is 14.0. The lowest BCUT2D eigenvalue weighted by molar-refractivity contribution is -0.385. The Morgan fingerprint density at radius 3 is 2.75 bits per heavy atom. The van der Waals surface area contributed by atoms with Crippen LogP contribution in [0.4, 0.5) is 5.69 Å². The fourth-order valence-electron chi connectivity index (χ4n) is 1.77. The molecule has 0 amide bonds. The zero-order valence-electron chi connectivity index (χ0n) is 11.2. The van der Waals surface area contributed by atoms with Crippen LogP contribution in [0.15, 0.2) is 42.6 Å². The molecule has 1 aromatic heterocycles. The molecule has 6 heteroatoms. The van der Waals surface area contributed by atoms with E-state index in [9.17, 15) is 10.1 Å². The van der Waals surface area contributed by atoms with E-state index in [1.807, 2.05) is 20.0 Å². The summed E-state index contributed by atoms with van der Waals surface area (Å²) in [5.74, 6) is 0.546. The number of pyridine rings is 1. The Morgan fingerprint density at radius 1 is 1.30 bits per heavy atom. The van der Waals surface area contributed by atoms with Gasteiger partial charge in [0.15, 0.2) is 0 Å². The number of benzene rings is 1. The molecule has 0 saturated heterocycles. The van der Waals surface area contributed by atoms with Gasteiger partial charge in [0, 0.05) is 23.9 Å². The normalized spacial score (nSPS) is 11.9. The van der Waals surface area contributed by atoms with Gasteiger partial charge in [-0.25, -0.2) is 4.98 Å². The fraction of sp³-hybridized carbons (Fsp3) is 0.214. The summed E-state index contributed by atoms with van der Waals surface area (Å²) in [5, 5.41) is 14.1. The van der Waals surface area contributed by atoms with E-state index in [0.29, 0.717) is 5.88 Å². The molecule has 0 aliphatic heterocycles. The number of nitrogens with zero attached hydrogens (tertiary/aromatic N) is 2. The van der Waals surface area contributed by atoms with Crippen LogP contribution in [0.2, 0.25) is 0 Å². The van der Waals surface area contributed by atoms with Gasteiger partial charge in [-0.05, 0) is 26.1 Å². The number of hydrogen-bond acceptors (Lipinski definition) is 5. The molecule has 1 N–H and O–H groups in total. The standard InChI is InChI=1S/C14H15N3O3/c1-10(15-2)11-6-5-9-16-14(11)20-13-8-4-3-7-12(13)17(18)19/h3-10,15H,1-2H3. The largest absolute Gasteiger partial charge is 0.431 e. The van der Waals surface area contributed by atoms with Gasteiger partial charge in [-0.3, -0.25) is 10.1 Å². The second-order valence-electron chi connectivity index (χ2n) is 4.24. The van der Waals surface area contributed by atoms with Gasteiger partial charge in [0.2, 0.25) is 11.6 Å². The number of aromatic nitrogens is 1. The molecule has 104 valence electrons. The van der Waals surface area contributed by atoms with Gasteiger partial charge >= 0.3 is 5.69 Å². The van der Waals surface area contributed by atoms with Crippen LogP contribution >= 0.6 is 0 Å². The molecule has 0 radical (unpaired) electrons. The molecular formula is C14H15N3O3. The predicted octanol–water partition coefficient (Wildman–Crippen LogP) is 3.06. The Hall–Kier alpha value is -2.47. The van der Waals surface area contributed by atoms with E-state index in [2.05, 4.69) is 10.3 Å². The van der Waals surface area contributed by atoms with Gasteiger partial charge in [-0.2, -0.15) is 0 Å². The molecule has 0 fully saturated rings. The average molecular weight is 273 g/mol. The lowest BCUT2D eigenvalue weighted by Gasteiger charge is -2.14. The minimum absolute atomic E-state index is 0.0291. The van der Waals surface area contributed by atoms with Crippen molar-refractivity contribution in [3.05, 3.63) is 58.3 Å². The third-order valence-corrected chi connectivity index (χ3v) is 2.97. The third-order valence-electron chi connectivity index (χ3n) is 2.97. The van der Waals surface area contributed by atoms with Crippen molar-refractivity contribution in [3.63, 3.8) is 0 Å². The molecule has 6 nitrogen and oxygen atoms in total. The van der Waals surface area contributed by atoms with Crippen molar-refractivity contribution in [1.29, 1.82) is 0 Å². The molecule has 1 unspecified atom stereocenters. The van der Waals surface area contributed by atoms with Gasteiger partial charge in [0.05, 0.1) is 4.92 Å². The number of rotatable bonds is 5. The van der Waals surface area contributed by atoms with Crippen LogP contribution in [0, 0.1) is 10.1 Å². The fourth-order valence-corrected chi connectivity index (χ4v) is 1.77. The van der Waals surface area contributed by atoms with Crippen LogP contribution in [0.5, 0.6) is 11.6 Å². The van der Waals surface area contributed by atoms with E-state index in [0.717, 1.165) is 5.56 Å². The Balaban J connectivity index is 2.38. The molecule has 1 aromatic carbocycles. The Labute approximate surface area is 116 Å². The summed E-state index contributed by atoms with van der Waals surface area (Å²) in [6.07, 6.45) is 1.59. The molecular weight excluding hydrogens is 258 g/mol. The summed E-state index contributed by atoms with van der Waals surface area (Å²) in [6, 6.07) is 9.95. The zero-order valence-corrected chi connectivity index (χ0v) is 11.2. The van der Waals surface area contributed by atoms with E-state index in [-0.39, 0.29) is 17.5 Å². The second kappa shape index (κ2) is 6.12. The van der Waals surface area contributed by atoms with Crippen molar-refractivity contribution < 1.29 is 9.66 Å². The van der Waals surface area contributed by atoms with Gasteiger partial charge in [0.25, 0.3) is 0 Å². The number of nitro groups is 1. The van der Waals surface area contributed by atoms with E-state index in [1.54, 1.807) is 30.5 Å². The van der Waals surface area contributed by atoms with Crippen molar-refractivity contribution in [2.24, 2.45) is 0 Å². The summed E-state index contributed by atoms with van der Waals surface area (Å²) in [4.78, 5) is 14.7. The molecule has 0 aliphatic rings. The maximum absolute atomic E-state index is 11.0. The first-order valence-corrected chi connectivity index (χ1v) is 6.17. The first-order chi connectivity index (χ1) is 9.63. The van der Waals surface area contributed by atoms with E-state index >= 15 is 0 Å². The summed E-state index contributed by atoms with van der Waals surface area (Å²) >= 11 is 0. The van der Waals surface area contributed by atoms with Crippen molar-refractivity contribution in [2.45, 2.75) is 13.0 Å². The number of nitro benzene ring substituents is 1. The smallest absolute Gasteiger partial charge is 0.311 e. The Bertz CT molecular complexity index is 616. The van der Waals surface area contributed by atoms with Crippen molar-refractivity contribution >= 4 is 5.69 Å². The summed E-state index contributed by atoms with van der Waals surface area (Å²) in [7, 11) is 1.83. The van der Waals surface area contributed by atoms with Crippen molar-refractivity contribution in [1.82, 2.24) is 10.3 Å². The van der Waals surface area contributed by atoms with Crippen LogP contribution in [0.25, 0.3) is 0 Å². The average Bonchev–Trinajstić information content (AvgIpc) is 2.47. The minimum atomic E-state index is -0.473. The van der Waals surface area contributed by atoms with Crippen LogP contribution < -0.4 is 10.1 Å². The van der Waals surface area contributed by atoms with Crippen molar-refractivity contribution in [2.75, 3.05) is 7.05 Å². The highest BCUT2D eigenvalue weighted by atomic mass is 16.6. The number of hydrogen-bond donors (Lipinski definition) is 1. The van der Waals surface area contributed by atoms with Crippen LogP contribution in [0.1, 0.15) is 18.5 Å². The van der Waals surface area contributed by atoms with E-state index in [1.165, 1.54) is 6.07 Å². The number of ether oxygens (including phenoxy) is 1. The maximum Gasteiger partial charge on any atom is 0.311 e. The highest BCUT2D eigenvalue weighted by molar-refractivity contribution is 5.48. The minimum Gasteiger partial charge on any atom is -0.431 e. The Morgan fingerprint density at radius 2 is 2.05 bits per heavy atom. The topological polar surface area (TPSA) is 77.3 Å². The van der Waals surface area contributed by atoms with E-state index in [4.69, 9.17) is 4.74 Å². The molecule has 0 aliphatic carbocycles. The van der Waals surface area contributed by atoms with Gasteiger partial charge < -0.3 is 10.1 Å². The lowest BCUT2D eigenvalue weighted by atomic mass is 10.1. The maximum atomic E-state index is 11.0. The van der Waals surface area contributed by atoms with Crippen LogP contribution in [-0.4, -0.2) is 17.0 Å². The van der Waals surface area contributed by atoms with Crippen LogP contribution in [-0.2, 0) is 0 Å². The highest BCUT2D eigenvalue weighted by Gasteiger charge is 2.18. The molecule has 0 bridgehead atoms. The highest BCUT2D eigenvalue weighted by Crippen LogP contribution is 2.32. The molecule has 1 atom stereocenters. The zero-order chi connectivity index (χ0) is 14.5. The van der Waals surface area contributed by atoms with Gasteiger partial charge in [0.1, 0.15) is 0 Å². The Kier molecular flexibility index (Phi) is 4.27. The molecule has 0 spiro atoms. The summed E-state index contributed by atoms with van der Waals surface area (Å²) < 4.78 is 5.63. The van der Waals surface area contributed by atoms with Gasteiger partial charge in [-0.15, -0.1) is 0 Å². The first-order valence-electron chi connectivity index (χ1n) is 6.17.